The van der Waals surface area contributed by atoms with Crippen molar-refractivity contribution in [3.8, 4) is 0 Å². The number of nitrogens with zero attached hydrogens (tertiary/aromatic N) is 4. The first-order valence-electron chi connectivity index (χ1n) is 6.89. The summed E-state index contributed by atoms with van der Waals surface area (Å²) >= 11 is 0. The van der Waals surface area contributed by atoms with E-state index in [2.05, 4.69) is 39.1 Å². The molecule has 106 valence electrons. The summed E-state index contributed by atoms with van der Waals surface area (Å²) in [7, 11) is 3.95. The number of anilines is 2. The maximum absolute atomic E-state index is 4.42. The molecular weight excluding hydrogens is 250 g/mol. The van der Waals surface area contributed by atoms with Crippen LogP contribution in [0.1, 0.15) is 18.2 Å². The van der Waals surface area contributed by atoms with Crippen LogP contribution in [0.2, 0.25) is 0 Å². The van der Waals surface area contributed by atoms with E-state index in [1.807, 2.05) is 31.4 Å². The molecule has 20 heavy (non-hydrogen) atoms. The van der Waals surface area contributed by atoms with Gasteiger partial charge in [-0.25, -0.2) is 9.97 Å². The zero-order valence-corrected chi connectivity index (χ0v) is 12.3. The van der Waals surface area contributed by atoms with Crippen LogP contribution in [0.25, 0.3) is 0 Å². The van der Waals surface area contributed by atoms with Crippen molar-refractivity contribution in [3.63, 3.8) is 0 Å². The third kappa shape index (κ3) is 3.23. The van der Waals surface area contributed by atoms with Gasteiger partial charge in [0.15, 0.2) is 0 Å². The quantitative estimate of drug-likeness (QED) is 0.872. The highest BCUT2D eigenvalue weighted by molar-refractivity contribution is 5.58. The van der Waals surface area contributed by atoms with Crippen molar-refractivity contribution in [2.45, 2.75) is 19.8 Å². The molecule has 0 aliphatic rings. The third-order valence-corrected chi connectivity index (χ3v) is 3.30. The van der Waals surface area contributed by atoms with E-state index in [0.717, 1.165) is 42.3 Å². The van der Waals surface area contributed by atoms with E-state index >= 15 is 0 Å². The molecule has 0 radical (unpaired) electrons. The van der Waals surface area contributed by atoms with Crippen LogP contribution < -0.4 is 10.2 Å². The van der Waals surface area contributed by atoms with Crippen molar-refractivity contribution in [3.05, 3.63) is 42.0 Å². The normalized spacial score (nSPS) is 10.3. The summed E-state index contributed by atoms with van der Waals surface area (Å²) < 4.78 is 0. The highest BCUT2D eigenvalue weighted by Crippen LogP contribution is 2.22. The molecule has 2 aromatic rings. The van der Waals surface area contributed by atoms with E-state index in [4.69, 9.17) is 0 Å². The fraction of sp³-hybridized carbons (Fsp3) is 0.400. The minimum absolute atomic E-state index is 0.879. The van der Waals surface area contributed by atoms with Gasteiger partial charge in [-0.3, -0.25) is 4.98 Å². The van der Waals surface area contributed by atoms with Crippen molar-refractivity contribution in [2.24, 2.45) is 0 Å². The molecular formula is C15H21N5. The van der Waals surface area contributed by atoms with E-state index in [9.17, 15) is 0 Å². The maximum atomic E-state index is 4.42. The second kappa shape index (κ2) is 6.84. The maximum Gasteiger partial charge on any atom is 0.137 e. The molecule has 0 amide bonds. The van der Waals surface area contributed by atoms with E-state index in [1.165, 1.54) is 0 Å². The van der Waals surface area contributed by atoms with Crippen LogP contribution in [-0.2, 0) is 12.8 Å². The molecule has 0 unspecified atom stereocenters. The van der Waals surface area contributed by atoms with Gasteiger partial charge in [0.2, 0.25) is 0 Å². The molecule has 2 aromatic heterocycles. The van der Waals surface area contributed by atoms with Crippen molar-refractivity contribution in [1.82, 2.24) is 15.0 Å². The lowest BCUT2D eigenvalue weighted by atomic mass is 10.2. The Morgan fingerprint density at radius 1 is 1.20 bits per heavy atom. The van der Waals surface area contributed by atoms with Crippen molar-refractivity contribution in [2.75, 3.05) is 30.9 Å². The second-order valence-corrected chi connectivity index (χ2v) is 4.62. The van der Waals surface area contributed by atoms with Crippen LogP contribution in [0.15, 0.2) is 30.7 Å². The van der Waals surface area contributed by atoms with Crippen LogP contribution in [0.5, 0.6) is 0 Å². The molecule has 0 bridgehead atoms. The number of hydrogen-bond acceptors (Lipinski definition) is 5. The van der Waals surface area contributed by atoms with Gasteiger partial charge in [-0.2, -0.15) is 0 Å². The topological polar surface area (TPSA) is 53.9 Å². The number of likely N-dealkylation sites (N-methyl/N-ethyl adjacent to an activating group) is 1. The molecule has 1 N–H and O–H groups in total. The first kappa shape index (κ1) is 14.2. The molecule has 0 saturated heterocycles. The summed E-state index contributed by atoms with van der Waals surface area (Å²) in [6.45, 7) is 3.00. The van der Waals surface area contributed by atoms with Crippen LogP contribution >= 0.6 is 0 Å². The number of aromatic nitrogens is 3. The second-order valence-electron chi connectivity index (χ2n) is 4.62. The zero-order valence-electron chi connectivity index (χ0n) is 12.3. The van der Waals surface area contributed by atoms with Crippen LogP contribution in [0, 0.1) is 0 Å². The first-order valence-corrected chi connectivity index (χ1v) is 6.89. The standard InChI is InChI=1S/C15H21N5/c1-4-13-14(16-2)18-11-19-15(13)20(3)10-8-12-7-5-6-9-17-12/h5-7,9,11H,4,8,10H2,1-3H3,(H,16,18,19). The molecule has 0 aliphatic heterocycles. The largest absolute Gasteiger partial charge is 0.373 e. The highest BCUT2D eigenvalue weighted by atomic mass is 15.2. The van der Waals surface area contributed by atoms with Gasteiger partial charge in [-0.1, -0.05) is 13.0 Å². The molecule has 2 heterocycles. The lowest BCUT2D eigenvalue weighted by Gasteiger charge is -2.21. The van der Waals surface area contributed by atoms with Gasteiger partial charge in [-0.05, 0) is 18.6 Å². The van der Waals surface area contributed by atoms with Crippen LogP contribution in [0.3, 0.4) is 0 Å². The fourth-order valence-electron chi connectivity index (χ4n) is 2.21. The summed E-state index contributed by atoms with van der Waals surface area (Å²) in [5.74, 6) is 1.89. The van der Waals surface area contributed by atoms with Crippen molar-refractivity contribution < 1.29 is 0 Å². The van der Waals surface area contributed by atoms with Gasteiger partial charge in [0.1, 0.15) is 18.0 Å². The van der Waals surface area contributed by atoms with E-state index in [0.29, 0.717) is 0 Å². The minimum Gasteiger partial charge on any atom is -0.373 e. The zero-order chi connectivity index (χ0) is 14.4. The first-order chi connectivity index (χ1) is 9.76. The summed E-state index contributed by atoms with van der Waals surface area (Å²) in [6, 6.07) is 6.00. The van der Waals surface area contributed by atoms with E-state index in [1.54, 1.807) is 6.33 Å². The molecule has 0 aliphatic carbocycles. The molecule has 5 heteroatoms. The monoisotopic (exact) mass is 271 g/mol. The van der Waals surface area contributed by atoms with E-state index in [-0.39, 0.29) is 0 Å². The minimum atomic E-state index is 0.879. The third-order valence-electron chi connectivity index (χ3n) is 3.30. The average Bonchev–Trinajstić information content (AvgIpc) is 2.52. The fourth-order valence-corrected chi connectivity index (χ4v) is 2.21. The van der Waals surface area contributed by atoms with Gasteiger partial charge in [0.05, 0.1) is 0 Å². The SMILES string of the molecule is CCc1c(NC)ncnc1N(C)CCc1ccccn1. The summed E-state index contributed by atoms with van der Waals surface area (Å²) in [4.78, 5) is 15.2. The summed E-state index contributed by atoms with van der Waals surface area (Å²) in [5, 5.41) is 3.13. The Balaban J connectivity index is 2.11. The lowest BCUT2D eigenvalue weighted by molar-refractivity contribution is 0.826. The molecule has 2 rings (SSSR count). The molecule has 0 atom stereocenters. The number of pyridine rings is 1. The molecule has 0 aromatic carbocycles. The Kier molecular flexibility index (Phi) is 4.87. The predicted molar refractivity (Wildman–Crippen MR) is 82.2 cm³/mol. The van der Waals surface area contributed by atoms with Gasteiger partial charge < -0.3 is 10.2 Å². The highest BCUT2D eigenvalue weighted by Gasteiger charge is 2.12. The van der Waals surface area contributed by atoms with Gasteiger partial charge in [0, 0.05) is 44.5 Å². The molecule has 0 saturated carbocycles. The average molecular weight is 271 g/mol. The van der Waals surface area contributed by atoms with Crippen LogP contribution in [-0.4, -0.2) is 35.6 Å². The lowest BCUT2D eigenvalue weighted by Crippen LogP contribution is -2.23. The van der Waals surface area contributed by atoms with Gasteiger partial charge >= 0.3 is 0 Å². The summed E-state index contributed by atoms with van der Waals surface area (Å²) in [6.07, 6.45) is 5.24. The Labute approximate surface area is 120 Å². The van der Waals surface area contributed by atoms with Crippen molar-refractivity contribution >= 4 is 11.6 Å². The molecule has 0 spiro atoms. The van der Waals surface area contributed by atoms with Crippen molar-refractivity contribution in [1.29, 1.82) is 0 Å². The van der Waals surface area contributed by atoms with Gasteiger partial charge in [-0.15, -0.1) is 0 Å². The Hall–Kier alpha value is -2.17. The molecule has 5 nitrogen and oxygen atoms in total. The van der Waals surface area contributed by atoms with Crippen LogP contribution in [0.4, 0.5) is 11.6 Å². The number of hydrogen-bond donors (Lipinski definition) is 1. The van der Waals surface area contributed by atoms with E-state index < -0.39 is 0 Å². The molecule has 0 fully saturated rings. The Bertz CT molecular complexity index is 541. The predicted octanol–water partition coefficient (Wildman–Crippen LogP) is 2.15. The number of nitrogens with one attached hydrogen (secondary N) is 1. The summed E-state index contributed by atoms with van der Waals surface area (Å²) in [5.41, 5.74) is 2.25. The smallest absolute Gasteiger partial charge is 0.137 e. The van der Waals surface area contributed by atoms with Gasteiger partial charge in [0.25, 0.3) is 0 Å². The number of rotatable bonds is 6. The Morgan fingerprint density at radius 2 is 2.05 bits per heavy atom. The Morgan fingerprint density at radius 3 is 2.70 bits per heavy atom.